The van der Waals surface area contributed by atoms with Crippen molar-refractivity contribution in [1.29, 1.82) is 0 Å². The van der Waals surface area contributed by atoms with Crippen LogP contribution in [-0.2, 0) is 6.42 Å². The first-order chi connectivity index (χ1) is 13.1. The second-order valence-corrected chi connectivity index (χ2v) is 6.53. The molecule has 0 spiro atoms. The highest BCUT2D eigenvalue weighted by molar-refractivity contribution is 5.99. The predicted octanol–water partition coefficient (Wildman–Crippen LogP) is 5.24. The number of ketones is 1. The van der Waals surface area contributed by atoms with Crippen LogP contribution in [0.3, 0.4) is 0 Å². The van der Waals surface area contributed by atoms with Crippen LogP contribution in [0.15, 0.2) is 41.4 Å². The molecule has 2 aromatic rings. The molecule has 0 N–H and O–H groups in total. The summed E-state index contributed by atoms with van der Waals surface area (Å²) in [6.45, 7) is 6.45. The number of para-hydroxylation sites is 1. The minimum Gasteiger partial charge on any atom is -0.405 e. The molecule has 0 aliphatic heterocycles. The largest absolute Gasteiger partial charge is 0.573 e. The molecule has 0 amide bonds. The van der Waals surface area contributed by atoms with Crippen molar-refractivity contribution in [2.75, 3.05) is 13.6 Å². The van der Waals surface area contributed by atoms with Gasteiger partial charge in [0.05, 0.1) is 12.0 Å². The van der Waals surface area contributed by atoms with Crippen LogP contribution in [0.2, 0.25) is 0 Å². The van der Waals surface area contributed by atoms with Crippen LogP contribution < -0.4 is 4.74 Å². The summed E-state index contributed by atoms with van der Waals surface area (Å²) in [6, 6.07) is 9.21. The fraction of sp³-hybridized carbons (Fsp3) is 0.333. The highest BCUT2D eigenvalue weighted by Crippen LogP contribution is 2.29. The van der Waals surface area contributed by atoms with Gasteiger partial charge < -0.3 is 9.64 Å². The summed E-state index contributed by atoms with van der Waals surface area (Å²) in [6.07, 6.45) is -3.28. The summed E-state index contributed by atoms with van der Waals surface area (Å²) in [5.74, 6) is -0.637. The summed E-state index contributed by atoms with van der Waals surface area (Å²) >= 11 is 0. The lowest BCUT2D eigenvalue weighted by Crippen LogP contribution is -2.18. The fourth-order valence-electron chi connectivity index (χ4n) is 2.63. The van der Waals surface area contributed by atoms with E-state index in [2.05, 4.69) is 9.73 Å². The summed E-state index contributed by atoms with van der Waals surface area (Å²) in [4.78, 5) is 19.1. The summed E-state index contributed by atoms with van der Waals surface area (Å²) in [5, 5.41) is 0. The molecule has 28 heavy (non-hydrogen) atoms. The number of nitrogens with zero attached hydrogens (tertiary/aromatic N) is 2. The minimum atomic E-state index is -4.81. The van der Waals surface area contributed by atoms with E-state index in [9.17, 15) is 18.0 Å². The van der Waals surface area contributed by atoms with E-state index in [4.69, 9.17) is 0 Å². The van der Waals surface area contributed by atoms with E-state index in [1.54, 1.807) is 31.5 Å². The number of aliphatic imine (C=N–C) groups is 1. The Hall–Kier alpha value is -2.83. The molecule has 0 heterocycles. The number of halogens is 3. The van der Waals surface area contributed by atoms with E-state index >= 15 is 0 Å². The van der Waals surface area contributed by atoms with Crippen molar-refractivity contribution in [2.24, 2.45) is 4.99 Å². The quantitative estimate of drug-likeness (QED) is 0.368. The van der Waals surface area contributed by atoms with Gasteiger partial charge in [-0.25, -0.2) is 4.99 Å². The van der Waals surface area contributed by atoms with Crippen molar-refractivity contribution in [3.8, 4) is 5.75 Å². The van der Waals surface area contributed by atoms with Gasteiger partial charge in [0.15, 0.2) is 5.78 Å². The molecule has 150 valence electrons. The Morgan fingerprint density at radius 1 is 1.18 bits per heavy atom. The van der Waals surface area contributed by atoms with Crippen LogP contribution in [0, 0.1) is 13.8 Å². The summed E-state index contributed by atoms with van der Waals surface area (Å²) in [5.41, 5.74) is 2.93. The van der Waals surface area contributed by atoms with Gasteiger partial charge in [0.25, 0.3) is 0 Å². The SMILES string of the molecule is CCN(C)C=Nc1cc(C)c(C(=O)Cc2ccccc2OC(F)(F)F)cc1C. The van der Waals surface area contributed by atoms with Crippen molar-refractivity contribution >= 4 is 17.8 Å². The zero-order valence-corrected chi connectivity index (χ0v) is 16.3. The zero-order valence-electron chi connectivity index (χ0n) is 16.3. The second-order valence-electron chi connectivity index (χ2n) is 6.53. The lowest BCUT2D eigenvalue weighted by molar-refractivity contribution is -0.274. The maximum atomic E-state index is 12.7. The normalized spacial score (nSPS) is 11.7. The molecule has 0 saturated carbocycles. The van der Waals surface area contributed by atoms with Crippen LogP contribution in [0.1, 0.15) is 34.0 Å². The predicted molar refractivity (Wildman–Crippen MR) is 104 cm³/mol. The summed E-state index contributed by atoms with van der Waals surface area (Å²) in [7, 11) is 1.91. The van der Waals surface area contributed by atoms with E-state index in [1.165, 1.54) is 18.2 Å². The monoisotopic (exact) mass is 392 g/mol. The number of aryl methyl sites for hydroxylation is 2. The number of hydrogen-bond acceptors (Lipinski definition) is 3. The Labute approximate surface area is 162 Å². The van der Waals surface area contributed by atoms with Crippen LogP contribution in [0.25, 0.3) is 0 Å². The lowest BCUT2D eigenvalue weighted by atomic mass is 9.96. The minimum absolute atomic E-state index is 0.187. The van der Waals surface area contributed by atoms with Gasteiger partial charge in [0.1, 0.15) is 5.75 Å². The molecule has 4 nitrogen and oxygen atoms in total. The lowest BCUT2D eigenvalue weighted by Gasteiger charge is -2.14. The molecule has 2 aromatic carbocycles. The van der Waals surface area contributed by atoms with Crippen LogP contribution >= 0.6 is 0 Å². The molecule has 0 aliphatic rings. The molecule has 0 saturated heterocycles. The summed E-state index contributed by atoms with van der Waals surface area (Å²) < 4.78 is 41.8. The Kier molecular flexibility index (Phi) is 6.83. The van der Waals surface area contributed by atoms with Crippen LogP contribution in [0.4, 0.5) is 18.9 Å². The van der Waals surface area contributed by atoms with Crippen molar-refractivity contribution in [1.82, 2.24) is 4.90 Å². The maximum Gasteiger partial charge on any atom is 0.573 e. The van der Waals surface area contributed by atoms with E-state index in [-0.39, 0.29) is 23.5 Å². The van der Waals surface area contributed by atoms with E-state index in [0.717, 1.165) is 23.4 Å². The Bertz CT molecular complexity index is 876. The van der Waals surface area contributed by atoms with Gasteiger partial charge >= 0.3 is 6.36 Å². The molecular weight excluding hydrogens is 369 g/mol. The van der Waals surface area contributed by atoms with E-state index in [1.807, 2.05) is 25.8 Å². The number of Topliss-reactive ketones (excluding diaryl/α,β-unsaturated/α-hetero) is 1. The van der Waals surface area contributed by atoms with Crippen molar-refractivity contribution < 1.29 is 22.7 Å². The standard InChI is InChI=1S/C21H23F3N2O2/c1-5-26(4)13-25-18-11-14(2)17(10-15(18)3)19(27)12-16-8-6-7-9-20(16)28-21(22,23)24/h6-11,13H,5,12H2,1-4H3. The highest BCUT2D eigenvalue weighted by Gasteiger charge is 2.32. The molecule has 7 heteroatoms. The average Bonchev–Trinajstić information content (AvgIpc) is 2.62. The van der Waals surface area contributed by atoms with Crippen molar-refractivity contribution in [3.63, 3.8) is 0 Å². The maximum absolute atomic E-state index is 12.7. The molecule has 0 radical (unpaired) electrons. The third-order valence-electron chi connectivity index (χ3n) is 4.29. The van der Waals surface area contributed by atoms with Crippen molar-refractivity contribution in [3.05, 3.63) is 58.7 Å². The van der Waals surface area contributed by atoms with Gasteiger partial charge in [-0.2, -0.15) is 0 Å². The van der Waals surface area contributed by atoms with E-state index in [0.29, 0.717) is 5.56 Å². The first kappa shape index (κ1) is 21.5. The fourth-order valence-corrected chi connectivity index (χ4v) is 2.63. The Morgan fingerprint density at radius 3 is 2.50 bits per heavy atom. The molecular formula is C21H23F3N2O2. The number of ether oxygens (including phenoxy) is 1. The molecule has 0 aromatic heterocycles. The number of carbonyl (C=O) groups is 1. The van der Waals surface area contributed by atoms with Gasteiger partial charge in [0.2, 0.25) is 0 Å². The van der Waals surface area contributed by atoms with Crippen LogP contribution in [-0.4, -0.2) is 37.0 Å². The second kappa shape index (κ2) is 8.91. The smallest absolute Gasteiger partial charge is 0.405 e. The third kappa shape index (κ3) is 5.84. The van der Waals surface area contributed by atoms with Gasteiger partial charge in [0, 0.05) is 31.1 Å². The van der Waals surface area contributed by atoms with E-state index < -0.39 is 6.36 Å². The Balaban J connectivity index is 2.26. The average molecular weight is 392 g/mol. The van der Waals surface area contributed by atoms with Gasteiger partial charge in [-0.3, -0.25) is 4.79 Å². The number of benzene rings is 2. The van der Waals surface area contributed by atoms with Crippen molar-refractivity contribution in [2.45, 2.75) is 33.6 Å². The van der Waals surface area contributed by atoms with Gasteiger partial charge in [-0.1, -0.05) is 18.2 Å². The third-order valence-corrected chi connectivity index (χ3v) is 4.29. The first-order valence-electron chi connectivity index (χ1n) is 8.83. The number of carbonyl (C=O) groups excluding carboxylic acids is 1. The van der Waals surface area contributed by atoms with Crippen LogP contribution in [0.5, 0.6) is 5.75 Å². The molecule has 0 unspecified atom stereocenters. The number of rotatable bonds is 7. The van der Waals surface area contributed by atoms with Gasteiger partial charge in [-0.15, -0.1) is 13.2 Å². The van der Waals surface area contributed by atoms with Gasteiger partial charge in [-0.05, 0) is 50.1 Å². The first-order valence-corrected chi connectivity index (χ1v) is 8.83. The molecule has 0 fully saturated rings. The number of hydrogen-bond donors (Lipinski definition) is 0. The molecule has 2 rings (SSSR count). The molecule has 0 bridgehead atoms. The topological polar surface area (TPSA) is 41.9 Å². The number of alkyl halides is 3. The zero-order chi connectivity index (χ0) is 20.9. The molecule has 0 aliphatic carbocycles. The highest BCUT2D eigenvalue weighted by atomic mass is 19.4. The molecule has 0 atom stereocenters. The Morgan fingerprint density at radius 2 is 1.86 bits per heavy atom.